The number of hydrogen-bond acceptors (Lipinski definition) is 2. The Hall–Kier alpha value is -1.26. The molecule has 1 saturated heterocycles. The summed E-state index contributed by atoms with van der Waals surface area (Å²) >= 11 is 12.3. The van der Waals surface area contributed by atoms with Crippen LogP contribution in [-0.2, 0) is 4.79 Å². The van der Waals surface area contributed by atoms with Crippen molar-refractivity contribution in [3.05, 3.63) is 33.8 Å². The Morgan fingerprint density at radius 1 is 1.04 bits per heavy atom. The van der Waals surface area contributed by atoms with Crippen LogP contribution >= 0.6 is 23.2 Å². The molecule has 0 atom stereocenters. The van der Waals surface area contributed by atoms with E-state index in [1.165, 1.54) is 32.1 Å². The van der Waals surface area contributed by atoms with Crippen LogP contribution < -0.4 is 0 Å². The molecule has 5 aliphatic rings. The zero-order chi connectivity index (χ0) is 19.1. The number of hydrazine groups is 1. The van der Waals surface area contributed by atoms with Crippen molar-refractivity contribution in [3.63, 3.8) is 0 Å². The van der Waals surface area contributed by atoms with Gasteiger partial charge in [0.1, 0.15) is 5.54 Å². The van der Waals surface area contributed by atoms with Crippen molar-refractivity contribution >= 4 is 35.0 Å². The van der Waals surface area contributed by atoms with E-state index in [9.17, 15) is 9.59 Å². The molecule has 1 aromatic carbocycles. The molecule has 5 fully saturated rings. The van der Waals surface area contributed by atoms with Gasteiger partial charge < -0.3 is 0 Å². The lowest BCUT2D eigenvalue weighted by Crippen LogP contribution is -2.80. The molecule has 0 radical (unpaired) electrons. The summed E-state index contributed by atoms with van der Waals surface area (Å²) in [5.41, 5.74) is -0.440. The normalized spacial score (nSPS) is 36.1. The van der Waals surface area contributed by atoms with Crippen LogP contribution in [0, 0.1) is 23.7 Å². The minimum absolute atomic E-state index is 0.0541. The number of nitrogens with zero attached hydrogens (tertiary/aromatic N) is 2. The lowest BCUT2D eigenvalue weighted by atomic mass is 9.53. The third-order valence-electron chi connectivity index (χ3n) is 7.29. The molecular formula is C21H24Cl2N2O2. The zero-order valence-corrected chi connectivity index (χ0v) is 17.1. The van der Waals surface area contributed by atoms with E-state index >= 15 is 0 Å². The van der Waals surface area contributed by atoms with Gasteiger partial charge in [-0.15, -0.1) is 0 Å². The fraction of sp³-hybridized carbons (Fsp3) is 0.619. The molecule has 4 bridgehead atoms. The van der Waals surface area contributed by atoms with Crippen molar-refractivity contribution in [1.82, 2.24) is 10.0 Å². The first-order valence-electron chi connectivity index (χ1n) is 9.90. The summed E-state index contributed by atoms with van der Waals surface area (Å²) < 4.78 is 0. The number of rotatable bonds is 2. The second-order valence-electron chi connectivity index (χ2n) is 9.37. The number of carbonyl (C=O) groups is 2. The van der Waals surface area contributed by atoms with Crippen molar-refractivity contribution in [3.8, 4) is 0 Å². The van der Waals surface area contributed by atoms with Crippen LogP contribution in [0.25, 0.3) is 0 Å². The third-order valence-corrected chi connectivity index (χ3v) is 7.84. The smallest absolute Gasteiger partial charge is 0.270 e. The molecule has 4 aliphatic carbocycles. The summed E-state index contributed by atoms with van der Waals surface area (Å²) in [5, 5.41) is 4.28. The van der Waals surface area contributed by atoms with E-state index in [0.29, 0.717) is 27.4 Å². The summed E-state index contributed by atoms with van der Waals surface area (Å²) in [5.74, 6) is 2.54. The molecule has 144 valence electrons. The van der Waals surface area contributed by atoms with Gasteiger partial charge in [0.15, 0.2) is 0 Å². The Morgan fingerprint density at radius 2 is 1.63 bits per heavy atom. The summed E-state index contributed by atoms with van der Waals surface area (Å²) in [6.45, 7) is 3.65. The van der Waals surface area contributed by atoms with E-state index in [1.54, 1.807) is 28.2 Å². The molecule has 0 unspecified atom stereocenters. The summed E-state index contributed by atoms with van der Waals surface area (Å²) in [4.78, 5) is 26.4. The van der Waals surface area contributed by atoms with Crippen LogP contribution in [0.5, 0.6) is 0 Å². The molecule has 2 amide bonds. The van der Waals surface area contributed by atoms with Gasteiger partial charge in [-0.3, -0.25) is 9.59 Å². The lowest BCUT2D eigenvalue weighted by Gasteiger charge is -2.65. The second-order valence-corrected chi connectivity index (χ2v) is 10.2. The SMILES string of the molecule is CC1(C)C(=O)N(C2C3CC4CC(C3)CC2C4)N1C(=O)c1ccc(Cl)cc1Cl. The first kappa shape index (κ1) is 17.8. The van der Waals surface area contributed by atoms with Crippen molar-refractivity contribution in [2.45, 2.75) is 57.5 Å². The minimum Gasteiger partial charge on any atom is -0.270 e. The monoisotopic (exact) mass is 406 g/mol. The molecule has 27 heavy (non-hydrogen) atoms. The van der Waals surface area contributed by atoms with Gasteiger partial charge in [0.2, 0.25) is 0 Å². The van der Waals surface area contributed by atoms with Gasteiger partial charge in [0.25, 0.3) is 11.8 Å². The zero-order valence-electron chi connectivity index (χ0n) is 15.6. The lowest BCUT2D eigenvalue weighted by molar-refractivity contribution is -0.230. The highest BCUT2D eigenvalue weighted by Crippen LogP contribution is 2.57. The van der Waals surface area contributed by atoms with Crippen LogP contribution in [0.2, 0.25) is 10.0 Å². The highest BCUT2D eigenvalue weighted by Gasteiger charge is 2.62. The Labute approximate surface area is 169 Å². The average Bonchev–Trinajstić information content (AvgIpc) is 2.59. The first-order chi connectivity index (χ1) is 12.8. The molecule has 1 aliphatic heterocycles. The van der Waals surface area contributed by atoms with Crippen molar-refractivity contribution in [2.24, 2.45) is 23.7 Å². The van der Waals surface area contributed by atoms with Gasteiger partial charge in [-0.1, -0.05) is 23.2 Å². The fourth-order valence-corrected chi connectivity index (χ4v) is 6.87. The minimum atomic E-state index is -0.839. The largest absolute Gasteiger partial charge is 0.274 e. The second kappa shape index (κ2) is 5.87. The molecule has 0 spiro atoms. The van der Waals surface area contributed by atoms with E-state index in [4.69, 9.17) is 23.2 Å². The molecule has 6 heteroatoms. The van der Waals surface area contributed by atoms with Crippen molar-refractivity contribution in [1.29, 1.82) is 0 Å². The first-order valence-corrected chi connectivity index (χ1v) is 10.7. The van der Waals surface area contributed by atoms with Crippen LogP contribution in [0.3, 0.4) is 0 Å². The van der Waals surface area contributed by atoms with Gasteiger partial charge in [0, 0.05) is 5.02 Å². The summed E-state index contributed by atoms with van der Waals surface area (Å²) in [6.07, 6.45) is 6.16. The van der Waals surface area contributed by atoms with Crippen LogP contribution in [0.4, 0.5) is 0 Å². The number of hydrogen-bond donors (Lipinski definition) is 0. The average molecular weight is 407 g/mol. The van der Waals surface area contributed by atoms with E-state index in [0.717, 1.165) is 11.8 Å². The molecule has 6 rings (SSSR count). The Morgan fingerprint density at radius 3 is 2.19 bits per heavy atom. The van der Waals surface area contributed by atoms with Gasteiger partial charge in [-0.25, -0.2) is 10.0 Å². The van der Waals surface area contributed by atoms with Crippen LogP contribution in [-0.4, -0.2) is 33.4 Å². The molecule has 0 N–H and O–H groups in total. The predicted octanol–water partition coefficient (Wildman–Crippen LogP) is 4.80. The number of carbonyl (C=O) groups excluding carboxylic acids is 2. The van der Waals surface area contributed by atoms with Crippen LogP contribution in [0.15, 0.2) is 18.2 Å². The van der Waals surface area contributed by atoms with Gasteiger partial charge in [-0.05, 0) is 87.8 Å². The highest BCUT2D eigenvalue weighted by atomic mass is 35.5. The summed E-state index contributed by atoms with van der Waals surface area (Å²) in [6, 6.07) is 5.06. The van der Waals surface area contributed by atoms with Gasteiger partial charge >= 0.3 is 0 Å². The molecular weight excluding hydrogens is 383 g/mol. The third kappa shape index (κ3) is 2.49. The maximum atomic E-state index is 13.4. The molecule has 1 aromatic rings. The van der Waals surface area contributed by atoms with Crippen LogP contribution in [0.1, 0.15) is 56.3 Å². The topological polar surface area (TPSA) is 40.6 Å². The Balaban J connectivity index is 1.49. The summed E-state index contributed by atoms with van der Waals surface area (Å²) in [7, 11) is 0. The highest BCUT2D eigenvalue weighted by molar-refractivity contribution is 6.36. The molecule has 0 aromatic heterocycles. The van der Waals surface area contributed by atoms with Crippen molar-refractivity contribution < 1.29 is 9.59 Å². The maximum absolute atomic E-state index is 13.4. The number of halogens is 2. The van der Waals surface area contributed by atoms with Gasteiger partial charge in [0.05, 0.1) is 16.6 Å². The maximum Gasteiger partial charge on any atom is 0.274 e. The quantitative estimate of drug-likeness (QED) is 0.707. The van der Waals surface area contributed by atoms with E-state index in [-0.39, 0.29) is 17.9 Å². The molecule has 4 saturated carbocycles. The van der Waals surface area contributed by atoms with E-state index < -0.39 is 5.54 Å². The van der Waals surface area contributed by atoms with E-state index in [2.05, 4.69) is 0 Å². The fourth-order valence-electron chi connectivity index (χ4n) is 6.38. The number of benzene rings is 1. The van der Waals surface area contributed by atoms with E-state index in [1.807, 2.05) is 13.8 Å². The molecule has 1 heterocycles. The predicted molar refractivity (Wildman–Crippen MR) is 104 cm³/mol. The standard InChI is InChI=1S/C21H24Cl2N2O2/c1-21(2)20(27)24(18-13-6-11-5-12(8-13)9-14(18)7-11)25(21)19(26)16-4-3-15(22)10-17(16)23/h3-4,10-14,18H,5-9H2,1-2H3. The Bertz CT molecular complexity index is 809. The Kier molecular flexibility index (Phi) is 3.87. The molecule has 4 nitrogen and oxygen atoms in total. The van der Waals surface area contributed by atoms with Gasteiger partial charge in [-0.2, -0.15) is 0 Å². The number of amides is 2. The van der Waals surface area contributed by atoms with Crippen molar-refractivity contribution in [2.75, 3.05) is 0 Å².